The van der Waals surface area contributed by atoms with Gasteiger partial charge in [-0.2, -0.15) is 0 Å². The fourth-order valence-corrected chi connectivity index (χ4v) is 3.06. The van der Waals surface area contributed by atoms with Gasteiger partial charge in [-0.25, -0.2) is 0 Å². The van der Waals surface area contributed by atoms with Crippen molar-refractivity contribution >= 4 is 16.9 Å². The Morgan fingerprint density at radius 3 is 2.50 bits per heavy atom. The molecule has 0 atom stereocenters. The molecule has 2 N–H and O–H groups in total. The molecule has 1 aromatic heterocycles. The van der Waals surface area contributed by atoms with Crippen molar-refractivity contribution < 1.29 is 24.1 Å². The maximum absolute atomic E-state index is 11.4. The zero-order valence-electron chi connectivity index (χ0n) is 15.0. The number of carbonyl (C=O) groups is 1. The number of methoxy groups -OCH3 is 2. The summed E-state index contributed by atoms with van der Waals surface area (Å²) in [7, 11) is 3.14. The molecule has 0 fully saturated rings. The highest BCUT2D eigenvalue weighted by Crippen LogP contribution is 2.37. The first-order valence-electron chi connectivity index (χ1n) is 8.29. The van der Waals surface area contributed by atoms with Crippen molar-refractivity contribution in [3.63, 3.8) is 0 Å². The van der Waals surface area contributed by atoms with Crippen LogP contribution in [-0.2, 0) is 11.2 Å². The lowest BCUT2D eigenvalue weighted by molar-refractivity contribution is -0.136. The molecule has 0 amide bonds. The molecule has 0 spiro atoms. The van der Waals surface area contributed by atoms with Gasteiger partial charge in [-0.15, -0.1) is 0 Å². The number of aromatic nitrogens is 1. The van der Waals surface area contributed by atoms with E-state index in [9.17, 15) is 9.90 Å². The molecule has 0 saturated heterocycles. The Hall–Kier alpha value is -3.15. The molecule has 0 saturated carbocycles. The van der Waals surface area contributed by atoms with Crippen LogP contribution in [0.1, 0.15) is 12.5 Å². The van der Waals surface area contributed by atoms with E-state index in [1.54, 1.807) is 20.3 Å². The summed E-state index contributed by atoms with van der Waals surface area (Å²) < 4.78 is 16.2. The fraction of sp³-hybridized carbons (Fsp3) is 0.250. The molecule has 1 heterocycles. The normalized spacial score (nSPS) is 10.7. The molecule has 0 radical (unpaired) electrons. The quantitative estimate of drug-likeness (QED) is 0.672. The van der Waals surface area contributed by atoms with E-state index >= 15 is 0 Å². The molecule has 136 valence electrons. The minimum atomic E-state index is -0.894. The number of fused-ring (bicyclic) bond motifs is 1. The van der Waals surface area contributed by atoms with Crippen molar-refractivity contribution in [1.82, 2.24) is 4.98 Å². The maximum atomic E-state index is 11.4. The Balaban J connectivity index is 2.19. The minimum absolute atomic E-state index is 0.0980. The summed E-state index contributed by atoms with van der Waals surface area (Å²) in [6, 6.07) is 11.1. The van der Waals surface area contributed by atoms with Crippen LogP contribution in [0.5, 0.6) is 17.2 Å². The largest absolute Gasteiger partial charge is 0.494 e. The number of aromatic amines is 1. The Kier molecular flexibility index (Phi) is 5.02. The van der Waals surface area contributed by atoms with Crippen LogP contribution in [0.25, 0.3) is 22.2 Å². The average molecular weight is 355 g/mol. The molecule has 0 bridgehead atoms. The van der Waals surface area contributed by atoms with Crippen LogP contribution in [0.2, 0.25) is 0 Å². The number of carboxylic acids is 1. The smallest absolute Gasteiger partial charge is 0.307 e. The van der Waals surface area contributed by atoms with E-state index in [0.29, 0.717) is 29.4 Å². The zero-order chi connectivity index (χ0) is 18.7. The van der Waals surface area contributed by atoms with E-state index in [1.807, 2.05) is 37.3 Å². The van der Waals surface area contributed by atoms with Crippen LogP contribution in [-0.4, -0.2) is 36.9 Å². The molecule has 0 unspecified atom stereocenters. The predicted octanol–water partition coefficient (Wildman–Crippen LogP) is 3.88. The highest BCUT2D eigenvalue weighted by Gasteiger charge is 2.18. The van der Waals surface area contributed by atoms with Crippen LogP contribution < -0.4 is 14.2 Å². The van der Waals surface area contributed by atoms with Gasteiger partial charge in [-0.3, -0.25) is 4.79 Å². The summed E-state index contributed by atoms with van der Waals surface area (Å²) in [4.78, 5) is 14.8. The zero-order valence-corrected chi connectivity index (χ0v) is 15.0. The molecule has 3 aromatic rings. The van der Waals surface area contributed by atoms with Gasteiger partial charge in [-0.1, -0.05) is 0 Å². The monoisotopic (exact) mass is 355 g/mol. The van der Waals surface area contributed by atoms with Gasteiger partial charge >= 0.3 is 5.97 Å². The second-order valence-corrected chi connectivity index (χ2v) is 5.76. The maximum Gasteiger partial charge on any atom is 0.307 e. The molecule has 3 rings (SSSR count). The van der Waals surface area contributed by atoms with E-state index < -0.39 is 5.97 Å². The van der Waals surface area contributed by atoms with Gasteiger partial charge in [0.1, 0.15) is 5.75 Å². The first kappa shape index (κ1) is 17.7. The molecular formula is C20H21NO5. The number of aliphatic carboxylic acids is 1. The Bertz CT molecular complexity index is 945. The van der Waals surface area contributed by atoms with Crippen LogP contribution >= 0.6 is 0 Å². The predicted molar refractivity (Wildman–Crippen MR) is 99.3 cm³/mol. The molecule has 6 heteroatoms. The lowest BCUT2D eigenvalue weighted by atomic mass is 10.0. The molecule has 0 aliphatic carbocycles. The summed E-state index contributed by atoms with van der Waals surface area (Å²) in [5, 5.41) is 10.2. The van der Waals surface area contributed by atoms with Gasteiger partial charge in [0.15, 0.2) is 11.5 Å². The second kappa shape index (κ2) is 7.39. The van der Waals surface area contributed by atoms with Gasteiger partial charge < -0.3 is 24.3 Å². The lowest BCUT2D eigenvalue weighted by Gasteiger charge is -2.10. The standard InChI is InChI=1S/C20H21NO5/c1-4-26-13-6-7-16-14(10-13)15(11-19(22)23)20(21-16)12-5-8-17(24-2)18(9-12)25-3/h5-10,21H,4,11H2,1-3H3,(H,22,23). The Morgan fingerprint density at radius 2 is 1.85 bits per heavy atom. The third-order valence-corrected chi connectivity index (χ3v) is 4.19. The van der Waals surface area contributed by atoms with Crippen molar-refractivity contribution in [2.24, 2.45) is 0 Å². The molecular weight excluding hydrogens is 334 g/mol. The van der Waals surface area contributed by atoms with Crippen LogP contribution in [0, 0.1) is 0 Å². The number of hydrogen-bond donors (Lipinski definition) is 2. The summed E-state index contributed by atoms with van der Waals surface area (Å²) in [5.74, 6) is 1.02. The average Bonchev–Trinajstić information content (AvgIpc) is 2.98. The SMILES string of the molecule is CCOc1ccc2[nH]c(-c3ccc(OC)c(OC)c3)c(CC(=O)O)c2c1. The lowest BCUT2D eigenvalue weighted by Crippen LogP contribution is -2.01. The van der Waals surface area contributed by atoms with Crippen LogP contribution in [0.15, 0.2) is 36.4 Å². The molecule has 26 heavy (non-hydrogen) atoms. The van der Waals surface area contributed by atoms with Crippen LogP contribution in [0.3, 0.4) is 0 Å². The molecule has 2 aromatic carbocycles. The van der Waals surface area contributed by atoms with Crippen molar-refractivity contribution in [3.8, 4) is 28.5 Å². The van der Waals surface area contributed by atoms with E-state index in [-0.39, 0.29) is 6.42 Å². The van der Waals surface area contributed by atoms with Gasteiger partial charge in [-0.05, 0) is 48.9 Å². The molecule has 0 aliphatic rings. The summed E-state index contributed by atoms with van der Waals surface area (Å²) in [5.41, 5.74) is 3.14. The number of rotatable bonds is 7. The molecule has 6 nitrogen and oxygen atoms in total. The highest BCUT2D eigenvalue weighted by molar-refractivity contribution is 5.94. The number of nitrogens with one attached hydrogen (secondary N) is 1. The number of hydrogen-bond acceptors (Lipinski definition) is 4. The van der Waals surface area contributed by atoms with Gasteiger partial charge in [0, 0.05) is 16.5 Å². The third-order valence-electron chi connectivity index (χ3n) is 4.19. The fourth-order valence-electron chi connectivity index (χ4n) is 3.06. The minimum Gasteiger partial charge on any atom is -0.494 e. The third kappa shape index (κ3) is 3.31. The van der Waals surface area contributed by atoms with Gasteiger partial charge in [0.05, 0.1) is 32.9 Å². The topological polar surface area (TPSA) is 80.8 Å². The van der Waals surface area contributed by atoms with Crippen molar-refractivity contribution in [1.29, 1.82) is 0 Å². The highest BCUT2D eigenvalue weighted by atomic mass is 16.5. The summed E-state index contributed by atoms with van der Waals surface area (Å²) in [6.45, 7) is 2.46. The summed E-state index contributed by atoms with van der Waals surface area (Å²) >= 11 is 0. The second-order valence-electron chi connectivity index (χ2n) is 5.76. The Labute approximate surface area is 151 Å². The number of benzene rings is 2. The van der Waals surface area contributed by atoms with E-state index in [0.717, 1.165) is 22.2 Å². The van der Waals surface area contributed by atoms with Gasteiger partial charge in [0.2, 0.25) is 0 Å². The van der Waals surface area contributed by atoms with Crippen LogP contribution in [0.4, 0.5) is 0 Å². The molecule has 0 aliphatic heterocycles. The number of carboxylic acid groups (broad SMARTS) is 1. The van der Waals surface area contributed by atoms with Crippen molar-refractivity contribution in [2.75, 3.05) is 20.8 Å². The van der Waals surface area contributed by atoms with Crippen molar-refractivity contribution in [2.45, 2.75) is 13.3 Å². The van der Waals surface area contributed by atoms with E-state index in [1.165, 1.54) is 0 Å². The first-order chi connectivity index (χ1) is 12.6. The van der Waals surface area contributed by atoms with Gasteiger partial charge in [0.25, 0.3) is 0 Å². The number of H-pyrrole nitrogens is 1. The van der Waals surface area contributed by atoms with E-state index in [4.69, 9.17) is 14.2 Å². The first-order valence-corrected chi connectivity index (χ1v) is 8.29. The van der Waals surface area contributed by atoms with Crippen molar-refractivity contribution in [3.05, 3.63) is 42.0 Å². The van der Waals surface area contributed by atoms with E-state index in [2.05, 4.69) is 4.98 Å². The number of ether oxygens (including phenoxy) is 3. The Morgan fingerprint density at radius 1 is 1.08 bits per heavy atom. The summed E-state index contributed by atoms with van der Waals surface area (Å²) in [6.07, 6.45) is -0.0980.